The molecule has 0 radical (unpaired) electrons. The summed E-state index contributed by atoms with van der Waals surface area (Å²) in [5, 5.41) is 0. The third-order valence-corrected chi connectivity index (χ3v) is 5.80. The van der Waals surface area contributed by atoms with Crippen molar-refractivity contribution in [2.45, 2.75) is 39.0 Å². The Balaban J connectivity index is 1.70. The Morgan fingerprint density at radius 2 is 1.44 bits per heavy atom. The number of hydrogen-bond donors (Lipinski definition) is 0. The third kappa shape index (κ3) is 4.06. The molecule has 0 amide bonds. The molecular weight excluding hydrogens is 426 g/mol. The molecule has 4 rings (SSSR count). The van der Waals surface area contributed by atoms with Crippen molar-refractivity contribution >= 4 is 5.57 Å². The zero-order valence-corrected chi connectivity index (χ0v) is 17.3. The molecule has 166 valence electrons. The molecule has 0 nitrogen and oxygen atoms in total. The lowest BCUT2D eigenvalue weighted by Gasteiger charge is -2.21. The van der Waals surface area contributed by atoms with Gasteiger partial charge in [-0.25, -0.2) is 26.3 Å². The minimum absolute atomic E-state index is 0.01000. The maximum absolute atomic E-state index is 15.2. The van der Waals surface area contributed by atoms with Gasteiger partial charge in [0.1, 0.15) is 23.3 Å². The second-order valence-corrected chi connectivity index (χ2v) is 7.96. The first-order valence-corrected chi connectivity index (χ1v) is 10.4. The fourth-order valence-corrected chi connectivity index (χ4v) is 4.15. The van der Waals surface area contributed by atoms with E-state index >= 15 is 4.39 Å². The van der Waals surface area contributed by atoms with Crippen molar-refractivity contribution in [2.75, 3.05) is 0 Å². The highest BCUT2D eigenvalue weighted by Crippen LogP contribution is 2.37. The standard InChI is InChI=1S/C26H20F6/c1-2-3-4-14-9-21(29)24(22(30)10-14)15-5-7-18-17(11-15)13-23(31)25(26(18)32)16-6-8-19(27)20(28)12-16/h5-6,8-10,12-13H,2-4,7,11H2,1H3. The first kappa shape index (κ1) is 22.2. The second kappa shape index (κ2) is 8.85. The highest BCUT2D eigenvalue weighted by molar-refractivity contribution is 5.74. The van der Waals surface area contributed by atoms with E-state index in [9.17, 15) is 22.0 Å². The van der Waals surface area contributed by atoms with Gasteiger partial charge in [-0.1, -0.05) is 25.5 Å². The average Bonchev–Trinajstić information content (AvgIpc) is 2.74. The van der Waals surface area contributed by atoms with Crippen LogP contribution in [0.3, 0.4) is 0 Å². The molecule has 0 bridgehead atoms. The van der Waals surface area contributed by atoms with E-state index in [1.807, 2.05) is 6.92 Å². The molecule has 6 heteroatoms. The van der Waals surface area contributed by atoms with Gasteiger partial charge in [0.15, 0.2) is 11.6 Å². The number of rotatable bonds is 5. The van der Waals surface area contributed by atoms with Crippen LogP contribution < -0.4 is 0 Å². The van der Waals surface area contributed by atoms with E-state index in [4.69, 9.17) is 0 Å². The fourth-order valence-electron chi connectivity index (χ4n) is 4.15. The van der Waals surface area contributed by atoms with Crippen LogP contribution in [0.25, 0.3) is 16.7 Å². The number of halogens is 6. The smallest absolute Gasteiger partial charge is 0.159 e. The Bertz CT molecular complexity index is 1200. The third-order valence-electron chi connectivity index (χ3n) is 5.80. The maximum atomic E-state index is 15.2. The number of fused-ring (bicyclic) bond motifs is 1. The molecule has 32 heavy (non-hydrogen) atoms. The summed E-state index contributed by atoms with van der Waals surface area (Å²) >= 11 is 0. The van der Waals surface area contributed by atoms with Gasteiger partial charge in [-0.05, 0) is 83.8 Å². The van der Waals surface area contributed by atoms with Crippen molar-refractivity contribution in [3.8, 4) is 11.1 Å². The molecule has 0 N–H and O–H groups in total. The van der Waals surface area contributed by atoms with E-state index in [0.29, 0.717) is 17.6 Å². The van der Waals surface area contributed by atoms with Crippen molar-refractivity contribution in [1.29, 1.82) is 0 Å². The van der Waals surface area contributed by atoms with E-state index in [1.165, 1.54) is 18.2 Å². The summed E-state index contributed by atoms with van der Waals surface area (Å²) in [6, 6.07) is 6.33. The van der Waals surface area contributed by atoms with Gasteiger partial charge in [-0.3, -0.25) is 0 Å². The SMILES string of the molecule is CCCCc1cc(F)c(C2=CCc3c(cc(F)c(-c4ccc(F)c(F)c4)c3F)C2)c(F)c1. The number of aryl methyl sites for hydroxylation is 1. The van der Waals surface area contributed by atoms with Gasteiger partial charge in [0.05, 0.1) is 5.56 Å². The van der Waals surface area contributed by atoms with E-state index in [-0.39, 0.29) is 35.1 Å². The first-order chi connectivity index (χ1) is 15.3. The summed E-state index contributed by atoms with van der Waals surface area (Å²) in [5.74, 6) is -5.59. The Labute approximate surface area is 182 Å². The van der Waals surface area contributed by atoms with Crippen molar-refractivity contribution in [2.24, 2.45) is 0 Å². The van der Waals surface area contributed by atoms with E-state index in [0.717, 1.165) is 37.1 Å². The highest BCUT2D eigenvalue weighted by atomic mass is 19.2. The lowest BCUT2D eigenvalue weighted by Crippen LogP contribution is -2.10. The molecule has 0 saturated carbocycles. The number of unbranched alkanes of at least 4 members (excludes halogenated alkanes) is 1. The Morgan fingerprint density at radius 1 is 0.750 bits per heavy atom. The molecule has 0 saturated heterocycles. The van der Waals surface area contributed by atoms with Crippen LogP contribution in [0, 0.1) is 34.9 Å². The van der Waals surface area contributed by atoms with Crippen molar-refractivity contribution in [3.05, 3.63) is 99.6 Å². The van der Waals surface area contributed by atoms with E-state index in [2.05, 4.69) is 0 Å². The number of allylic oxidation sites excluding steroid dienone is 2. The van der Waals surface area contributed by atoms with Crippen LogP contribution in [0.5, 0.6) is 0 Å². The Kier molecular flexibility index (Phi) is 6.13. The molecule has 1 aliphatic carbocycles. The van der Waals surface area contributed by atoms with Crippen LogP contribution in [-0.4, -0.2) is 0 Å². The monoisotopic (exact) mass is 446 g/mol. The molecule has 0 fully saturated rings. The van der Waals surface area contributed by atoms with Crippen molar-refractivity contribution < 1.29 is 26.3 Å². The predicted octanol–water partition coefficient (Wildman–Crippen LogP) is 7.71. The van der Waals surface area contributed by atoms with Crippen LogP contribution in [0.4, 0.5) is 26.3 Å². The summed E-state index contributed by atoms with van der Waals surface area (Å²) in [6.07, 6.45) is 3.73. The zero-order chi connectivity index (χ0) is 23.0. The molecular formula is C26H20F6. The van der Waals surface area contributed by atoms with Gasteiger partial charge in [0.2, 0.25) is 0 Å². The lowest BCUT2D eigenvalue weighted by molar-refractivity contribution is 0.508. The minimum atomic E-state index is -1.21. The van der Waals surface area contributed by atoms with Gasteiger partial charge >= 0.3 is 0 Å². The van der Waals surface area contributed by atoms with Crippen LogP contribution >= 0.6 is 0 Å². The van der Waals surface area contributed by atoms with E-state index in [1.54, 1.807) is 0 Å². The molecule has 0 aromatic heterocycles. The highest BCUT2D eigenvalue weighted by Gasteiger charge is 2.25. The Morgan fingerprint density at radius 3 is 2.09 bits per heavy atom. The summed E-state index contributed by atoms with van der Waals surface area (Å²) < 4.78 is 86.2. The molecule has 1 aliphatic rings. The molecule has 0 atom stereocenters. The molecule has 3 aromatic carbocycles. The molecule has 0 heterocycles. The molecule has 0 spiro atoms. The zero-order valence-electron chi connectivity index (χ0n) is 17.3. The fraction of sp³-hybridized carbons (Fsp3) is 0.231. The van der Waals surface area contributed by atoms with Crippen LogP contribution in [0.2, 0.25) is 0 Å². The quantitative estimate of drug-likeness (QED) is 0.352. The summed E-state index contributed by atoms with van der Waals surface area (Å²) in [4.78, 5) is 0. The molecule has 0 unspecified atom stereocenters. The van der Waals surface area contributed by atoms with Crippen LogP contribution in [0.15, 0.2) is 42.5 Å². The first-order valence-electron chi connectivity index (χ1n) is 10.4. The molecule has 0 aliphatic heterocycles. The topological polar surface area (TPSA) is 0 Å². The van der Waals surface area contributed by atoms with Crippen molar-refractivity contribution in [1.82, 2.24) is 0 Å². The van der Waals surface area contributed by atoms with Crippen LogP contribution in [0.1, 0.15) is 42.0 Å². The molecule has 3 aromatic rings. The summed E-state index contributed by atoms with van der Waals surface area (Å²) in [5.41, 5.74) is 0.521. The summed E-state index contributed by atoms with van der Waals surface area (Å²) in [6.45, 7) is 1.99. The minimum Gasteiger partial charge on any atom is -0.206 e. The van der Waals surface area contributed by atoms with Gasteiger partial charge in [-0.2, -0.15) is 0 Å². The van der Waals surface area contributed by atoms with Crippen molar-refractivity contribution in [3.63, 3.8) is 0 Å². The van der Waals surface area contributed by atoms with Crippen LogP contribution in [-0.2, 0) is 19.3 Å². The van der Waals surface area contributed by atoms with Gasteiger partial charge in [0, 0.05) is 5.56 Å². The largest absolute Gasteiger partial charge is 0.206 e. The van der Waals surface area contributed by atoms with Gasteiger partial charge in [-0.15, -0.1) is 0 Å². The second-order valence-electron chi connectivity index (χ2n) is 7.96. The van der Waals surface area contributed by atoms with Gasteiger partial charge < -0.3 is 0 Å². The predicted molar refractivity (Wildman–Crippen MR) is 112 cm³/mol. The lowest BCUT2D eigenvalue weighted by atomic mass is 9.85. The maximum Gasteiger partial charge on any atom is 0.159 e. The summed E-state index contributed by atoms with van der Waals surface area (Å²) in [7, 11) is 0. The number of hydrogen-bond acceptors (Lipinski definition) is 0. The average molecular weight is 446 g/mol. The van der Waals surface area contributed by atoms with Gasteiger partial charge in [0.25, 0.3) is 0 Å². The normalized spacial score (nSPS) is 13.2. The Hall–Kier alpha value is -3.02. The van der Waals surface area contributed by atoms with E-state index < -0.39 is 40.5 Å². The number of benzene rings is 3.